The maximum atomic E-state index is 12.7. The van der Waals surface area contributed by atoms with E-state index in [0.717, 1.165) is 16.2 Å². The minimum absolute atomic E-state index is 0.0809. The number of carbonyl (C=O) groups excluding carboxylic acids is 2. The van der Waals surface area contributed by atoms with E-state index in [4.69, 9.17) is 0 Å². The van der Waals surface area contributed by atoms with Gasteiger partial charge in [0, 0.05) is 18.5 Å². The van der Waals surface area contributed by atoms with Gasteiger partial charge < -0.3 is 0 Å². The molecule has 0 radical (unpaired) electrons. The molecule has 0 saturated carbocycles. The molecule has 0 bridgehead atoms. The molecule has 3 aromatic rings. The number of nitrogens with zero attached hydrogens (tertiary/aromatic N) is 3. The number of aromatic nitrogens is 2. The molecular formula is C19H17N5O6S3. The van der Waals surface area contributed by atoms with Gasteiger partial charge in [0.25, 0.3) is 20.0 Å². The summed E-state index contributed by atoms with van der Waals surface area (Å²) in [5, 5.41) is 8.18. The average Bonchev–Trinajstić information content (AvgIpc) is 3.32. The van der Waals surface area contributed by atoms with E-state index in [2.05, 4.69) is 19.6 Å². The molecule has 2 aromatic carbocycles. The number of benzene rings is 2. The first-order valence-corrected chi connectivity index (χ1v) is 13.3. The molecule has 1 saturated heterocycles. The van der Waals surface area contributed by atoms with Crippen molar-refractivity contribution in [2.75, 3.05) is 14.3 Å². The zero-order valence-corrected chi connectivity index (χ0v) is 19.5. The number of anilines is 3. The zero-order chi connectivity index (χ0) is 23.8. The van der Waals surface area contributed by atoms with Gasteiger partial charge in [0.1, 0.15) is 5.01 Å². The van der Waals surface area contributed by atoms with E-state index < -0.39 is 20.0 Å². The van der Waals surface area contributed by atoms with Crippen molar-refractivity contribution in [1.29, 1.82) is 0 Å². The number of sulfonamides is 2. The quantitative estimate of drug-likeness (QED) is 0.461. The Morgan fingerprint density at radius 1 is 0.788 bits per heavy atom. The molecule has 0 atom stereocenters. The van der Waals surface area contributed by atoms with Crippen LogP contribution < -0.4 is 14.3 Å². The van der Waals surface area contributed by atoms with Crippen molar-refractivity contribution >= 4 is 59.7 Å². The number of rotatable bonds is 7. The van der Waals surface area contributed by atoms with Gasteiger partial charge >= 0.3 is 0 Å². The summed E-state index contributed by atoms with van der Waals surface area (Å²) in [7, 11) is -7.91. The van der Waals surface area contributed by atoms with E-state index >= 15 is 0 Å². The van der Waals surface area contributed by atoms with Crippen LogP contribution in [0.15, 0.2) is 58.3 Å². The second-order valence-electron chi connectivity index (χ2n) is 6.98. The summed E-state index contributed by atoms with van der Waals surface area (Å²) >= 11 is 1.08. The van der Waals surface area contributed by atoms with E-state index in [1.807, 2.05) is 0 Å². The Balaban J connectivity index is 1.48. The number of amides is 2. The van der Waals surface area contributed by atoms with Crippen molar-refractivity contribution in [3.8, 4) is 0 Å². The van der Waals surface area contributed by atoms with Gasteiger partial charge in [0.2, 0.25) is 16.9 Å². The topological polar surface area (TPSA) is 156 Å². The molecule has 0 aliphatic carbocycles. The first-order chi connectivity index (χ1) is 15.5. The van der Waals surface area contributed by atoms with Crippen LogP contribution in [-0.4, -0.2) is 38.8 Å². The highest BCUT2D eigenvalue weighted by atomic mass is 32.2. The lowest BCUT2D eigenvalue weighted by atomic mass is 10.3. The van der Waals surface area contributed by atoms with Crippen molar-refractivity contribution in [3.63, 3.8) is 0 Å². The summed E-state index contributed by atoms with van der Waals surface area (Å²) in [5.74, 6) is -0.668. The Hall–Kier alpha value is -3.36. The predicted molar refractivity (Wildman–Crippen MR) is 121 cm³/mol. The van der Waals surface area contributed by atoms with Crippen LogP contribution >= 0.6 is 11.3 Å². The van der Waals surface area contributed by atoms with Gasteiger partial charge in [-0.2, -0.15) is 0 Å². The fourth-order valence-electron chi connectivity index (χ4n) is 3.07. The van der Waals surface area contributed by atoms with Gasteiger partial charge in [-0.15, -0.1) is 10.2 Å². The lowest BCUT2D eigenvalue weighted by Crippen LogP contribution is -2.28. The maximum Gasteiger partial charge on any atom is 0.263 e. The largest absolute Gasteiger partial charge is 0.280 e. The van der Waals surface area contributed by atoms with Gasteiger partial charge in [-0.05, 0) is 55.5 Å². The van der Waals surface area contributed by atoms with E-state index in [9.17, 15) is 26.4 Å². The molecule has 33 heavy (non-hydrogen) atoms. The first-order valence-electron chi connectivity index (χ1n) is 9.47. The smallest absolute Gasteiger partial charge is 0.263 e. The van der Waals surface area contributed by atoms with E-state index in [1.54, 1.807) is 6.92 Å². The van der Waals surface area contributed by atoms with E-state index in [0.29, 0.717) is 10.7 Å². The standard InChI is InChI=1S/C19H17N5O6S3/c1-12-20-21-19(31-12)23-33(29,30)15-6-2-13(3-7-15)22-32(27,28)16-8-4-14(5-9-16)24-17(25)10-11-18(24)26/h2-9,22H,10-11H2,1H3,(H,21,23). The molecule has 0 unspecified atom stereocenters. The number of aryl methyl sites for hydroxylation is 1. The van der Waals surface area contributed by atoms with Gasteiger partial charge in [-0.1, -0.05) is 11.3 Å². The summed E-state index contributed by atoms with van der Waals surface area (Å²) in [6.45, 7) is 1.69. The molecule has 11 nitrogen and oxygen atoms in total. The summed E-state index contributed by atoms with van der Waals surface area (Å²) in [6, 6.07) is 10.5. The molecule has 1 aliphatic heterocycles. The zero-order valence-electron chi connectivity index (χ0n) is 17.0. The van der Waals surface area contributed by atoms with Gasteiger partial charge in [0.05, 0.1) is 15.5 Å². The highest BCUT2D eigenvalue weighted by Crippen LogP contribution is 2.26. The van der Waals surface area contributed by atoms with Crippen molar-refractivity contribution in [2.45, 2.75) is 29.6 Å². The second-order valence-corrected chi connectivity index (χ2v) is 11.5. The monoisotopic (exact) mass is 507 g/mol. The molecule has 0 spiro atoms. The van der Waals surface area contributed by atoms with Crippen LogP contribution in [0.1, 0.15) is 17.8 Å². The average molecular weight is 508 g/mol. The Morgan fingerprint density at radius 2 is 1.30 bits per heavy atom. The highest BCUT2D eigenvalue weighted by molar-refractivity contribution is 7.93. The molecule has 2 amide bonds. The number of hydrogen-bond acceptors (Lipinski definition) is 9. The minimum atomic E-state index is -3.99. The minimum Gasteiger partial charge on any atom is -0.280 e. The van der Waals surface area contributed by atoms with E-state index in [1.165, 1.54) is 48.5 Å². The van der Waals surface area contributed by atoms with Gasteiger partial charge in [-0.25, -0.2) is 16.8 Å². The van der Waals surface area contributed by atoms with Crippen LogP contribution in [0.5, 0.6) is 0 Å². The van der Waals surface area contributed by atoms with Crippen LogP contribution in [-0.2, 0) is 29.6 Å². The van der Waals surface area contributed by atoms with Gasteiger partial charge in [-0.3, -0.25) is 23.9 Å². The fraction of sp³-hybridized carbons (Fsp3) is 0.158. The number of nitrogens with one attached hydrogen (secondary N) is 2. The van der Waals surface area contributed by atoms with E-state index in [-0.39, 0.29) is 45.3 Å². The lowest BCUT2D eigenvalue weighted by molar-refractivity contribution is -0.121. The van der Waals surface area contributed by atoms with Crippen LogP contribution in [0.3, 0.4) is 0 Å². The first kappa shape index (κ1) is 22.8. The van der Waals surface area contributed by atoms with Gasteiger partial charge in [0.15, 0.2) is 0 Å². The molecule has 1 aliphatic rings. The molecule has 4 rings (SSSR count). The Morgan fingerprint density at radius 3 is 1.82 bits per heavy atom. The third-order valence-electron chi connectivity index (χ3n) is 4.62. The third kappa shape index (κ3) is 4.86. The lowest BCUT2D eigenvalue weighted by Gasteiger charge is -2.14. The summed E-state index contributed by atoms with van der Waals surface area (Å²) in [4.78, 5) is 24.5. The van der Waals surface area contributed by atoms with Crippen LogP contribution in [0.25, 0.3) is 0 Å². The normalized spacial score (nSPS) is 14.5. The SMILES string of the molecule is Cc1nnc(NS(=O)(=O)c2ccc(NS(=O)(=O)c3ccc(N4C(=O)CCC4=O)cc3)cc2)s1. The van der Waals surface area contributed by atoms with Crippen LogP contribution in [0.4, 0.5) is 16.5 Å². The third-order valence-corrected chi connectivity index (χ3v) is 8.26. The van der Waals surface area contributed by atoms with Crippen LogP contribution in [0.2, 0.25) is 0 Å². The molecule has 2 heterocycles. The number of imide groups is 1. The molecular weight excluding hydrogens is 490 g/mol. The molecule has 1 fully saturated rings. The van der Waals surface area contributed by atoms with Crippen molar-refractivity contribution in [1.82, 2.24) is 10.2 Å². The van der Waals surface area contributed by atoms with Crippen molar-refractivity contribution < 1.29 is 26.4 Å². The Kier molecular flexibility index (Phi) is 5.90. The fourth-order valence-corrected chi connectivity index (χ4v) is 5.95. The Bertz CT molecular complexity index is 1420. The molecule has 1 aromatic heterocycles. The number of carbonyl (C=O) groups is 2. The van der Waals surface area contributed by atoms with Crippen molar-refractivity contribution in [2.24, 2.45) is 0 Å². The van der Waals surface area contributed by atoms with Crippen LogP contribution in [0, 0.1) is 6.92 Å². The second kappa shape index (κ2) is 8.53. The summed E-state index contributed by atoms with van der Waals surface area (Å²) in [5.41, 5.74) is 0.448. The summed E-state index contributed by atoms with van der Waals surface area (Å²) < 4.78 is 54.9. The summed E-state index contributed by atoms with van der Waals surface area (Å²) in [6.07, 6.45) is 0.254. The molecule has 14 heteroatoms. The highest BCUT2D eigenvalue weighted by Gasteiger charge is 2.30. The molecule has 2 N–H and O–H groups in total. The van der Waals surface area contributed by atoms with Crippen molar-refractivity contribution in [3.05, 3.63) is 53.5 Å². The predicted octanol–water partition coefficient (Wildman–Crippen LogP) is 2.10. The Labute approximate surface area is 193 Å². The number of hydrogen-bond donors (Lipinski definition) is 2. The maximum absolute atomic E-state index is 12.7. The molecule has 172 valence electrons.